The molecule has 0 aromatic heterocycles. The van der Waals surface area contributed by atoms with Crippen LogP contribution in [0.2, 0.25) is 5.02 Å². The van der Waals surface area contributed by atoms with E-state index < -0.39 is 0 Å². The molecule has 0 saturated carbocycles. The first-order valence-electron chi connectivity index (χ1n) is 10.3. The first kappa shape index (κ1) is 22.3. The van der Waals surface area contributed by atoms with Gasteiger partial charge in [0.15, 0.2) is 5.17 Å². The summed E-state index contributed by atoms with van der Waals surface area (Å²) in [4.78, 5) is 19.3. The minimum absolute atomic E-state index is 0.301. The molecule has 0 amide bonds. The van der Waals surface area contributed by atoms with Gasteiger partial charge in [-0.1, -0.05) is 47.6 Å². The average molecular weight is 471 g/mol. The van der Waals surface area contributed by atoms with Crippen molar-refractivity contribution in [2.75, 3.05) is 19.8 Å². The third kappa shape index (κ3) is 4.79. The van der Waals surface area contributed by atoms with Crippen molar-refractivity contribution in [3.63, 3.8) is 0 Å². The molecule has 2 aromatic carbocycles. The second kappa shape index (κ2) is 10.1. The monoisotopic (exact) mass is 470 g/mol. The highest BCUT2D eigenvalue weighted by atomic mass is 35.5. The minimum Gasteiger partial charge on any atom is -0.490 e. The molecule has 2 aromatic rings. The van der Waals surface area contributed by atoms with Crippen LogP contribution < -0.4 is 9.47 Å². The van der Waals surface area contributed by atoms with Crippen molar-refractivity contribution >= 4 is 34.5 Å². The number of rotatable bonds is 8. The second-order valence-electron chi connectivity index (χ2n) is 7.02. The van der Waals surface area contributed by atoms with Gasteiger partial charge in [-0.2, -0.15) is 0 Å². The Labute approximate surface area is 196 Å². The molecular weight excluding hydrogens is 448 g/mol. The van der Waals surface area contributed by atoms with E-state index in [4.69, 9.17) is 25.8 Å². The molecular formula is C24H23ClN2O4S. The summed E-state index contributed by atoms with van der Waals surface area (Å²) in [7, 11) is 0. The normalized spacial score (nSPS) is 17.2. The third-order valence-corrected chi connectivity index (χ3v) is 6.04. The fraction of sp³-hybridized carbons (Fsp3) is 0.250. The van der Waals surface area contributed by atoms with Crippen molar-refractivity contribution in [2.24, 2.45) is 4.99 Å². The fourth-order valence-corrected chi connectivity index (χ4v) is 4.50. The zero-order valence-electron chi connectivity index (χ0n) is 17.8. The number of carbonyl (C=O) groups is 1. The summed E-state index contributed by atoms with van der Waals surface area (Å²) in [6.07, 6.45) is 1.94. The van der Waals surface area contributed by atoms with Crippen LogP contribution in [-0.4, -0.2) is 35.9 Å². The number of ether oxygens (including phenoxy) is 3. The molecule has 32 heavy (non-hydrogen) atoms. The Bertz CT molecular complexity index is 1080. The average Bonchev–Trinajstić information content (AvgIpc) is 3.25. The van der Waals surface area contributed by atoms with Crippen LogP contribution in [0.5, 0.6) is 11.5 Å². The highest BCUT2D eigenvalue weighted by Gasteiger charge is 2.37. The van der Waals surface area contributed by atoms with E-state index in [1.54, 1.807) is 13.0 Å². The van der Waals surface area contributed by atoms with E-state index in [2.05, 4.69) is 4.99 Å². The molecule has 8 heteroatoms. The first-order valence-corrected chi connectivity index (χ1v) is 11.5. The van der Waals surface area contributed by atoms with Crippen LogP contribution in [0.1, 0.15) is 25.5 Å². The molecule has 0 bridgehead atoms. The zero-order valence-corrected chi connectivity index (χ0v) is 19.4. The van der Waals surface area contributed by atoms with Crippen LogP contribution in [0.25, 0.3) is 0 Å². The van der Waals surface area contributed by atoms with Crippen LogP contribution >= 0.6 is 23.4 Å². The van der Waals surface area contributed by atoms with Crippen LogP contribution in [0, 0.1) is 0 Å². The first-order chi connectivity index (χ1) is 15.6. The molecule has 0 spiro atoms. The van der Waals surface area contributed by atoms with Crippen LogP contribution in [0.15, 0.2) is 76.4 Å². The summed E-state index contributed by atoms with van der Waals surface area (Å²) >= 11 is 7.63. The molecule has 2 aliphatic heterocycles. The number of esters is 1. The van der Waals surface area contributed by atoms with Gasteiger partial charge in [0.25, 0.3) is 0 Å². The number of amidine groups is 1. The van der Waals surface area contributed by atoms with Crippen LogP contribution in [-0.2, 0) is 9.53 Å². The smallest absolute Gasteiger partial charge is 0.338 e. The number of thioether (sulfide) groups is 1. The summed E-state index contributed by atoms with van der Waals surface area (Å²) in [6.45, 7) is 4.71. The zero-order chi connectivity index (χ0) is 22.5. The van der Waals surface area contributed by atoms with Gasteiger partial charge in [0.1, 0.15) is 24.7 Å². The van der Waals surface area contributed by atoms with Gasteiger partial charge in [0, 0.05) is 6.20 Å². The van der Waals surface area contributed by atoms with Crippen molar-refractivity contribution in [2.45, 2.75) is 19.9 Å². The van der Waals surface area contributed by atoms with E-state index in [0.717, 1.165) is 10.7 Å². The summed E-state index contributed by atoms with van der Waals surface area (Å²) in [5.41, 5.74) is 2.17. The van der Waals surface area contributed by atoms with Gasteiger partial charge >= 0.3 is 5.97 Å². The van der Waals surface area contributed by atoms with Crippen LogP contribution in [0.3, 0.4) is 0 Å². The van der Waals surface area contributed by atoms with Crippen LogP contribution in [0.4, 0.5) is 0 Å². The molecule has 0 aliphatic carbocycles. The number of halogens is 1. The molecule has 4 rings (SSSR count). The number of hydrogen-bond donors (Lipinski definition) is 0. The Morgan fingerprint density at radius 3 is 2.62 bits per heavy atom. The lowest BCUT2D eigenvalue weighted by Crippen LogP contribution is -2.34. The maximum Gasteiger partial charge on any atom is 0.338 e. The molecule has 0 saturated heterocycles. The molecule has 1 unspecified atom stereocenters. The van der Waals surface area contributed by atoms with E-state index in [-0.39, 0.29) is 12.0 Å². The molecule has 1 atom stereocenters. The lowest BCUT2D eigenvalue weighted by atomic mass is 9.95. The van der Waals surface area contributed by atoms with Crippen molar-refractivity contribution in [1.82, 2.24) is 4.90 Å². The predicted octanol–water partition coefficient (Wildman–Crippen LogP) is 5.57. The summed E-state index contributed by atoms with van der Waals surface area (Å²) in [5, 5.41) is 3.38. The number of aliphatic imine (C=N–C) groups is 1. The molecule has 6 nitrogen and oxygen atoms in total. The third-order valence-electron chi connectivity index (χ3n) is 4.96. The summed E-state index contributed by atoms with van der Waals surface area (Å²) in [5.74, 6) is 0.999. The minimum atomic E-state index is -0.347. The Kier molecular flexibility index (Phi) is 7.07. The highest BCUT2D eigenvalue weighted by molar-refractivity contribution is 8.16. The Balaban J connectivity index is 1.45. The molecule has 2 heterocycles. The largest absolute Gasteiger partial charge is 0.490 e. The van der Waals surface area contributed by atoms with E-state index in [1.165, 1.54) is 11.8 Å². The molecule has 2 aliphatic rings. The molecule has 0 N–H and O–H groups in total. The van der Waals surface area contributed by atoms with Crippen molar-refractivity contribution in [1.29, 1.82) is 0 Å². The number of hydrogen-bond acceptors (Lipinski definition) is 7. The van der Waals surface area contributed by atoms with Gasteiger partial charge < -0.3 is 19.1 Å². The summed E-state index contributed by atoms with van der Waals surface area (Å²) < 4.78 is 16.8. The van der Waals surface area contributed by atoms with Gasteiger partial charge in [-0.3, -0.25) is 0 Å². The standard InChI is InChI=1S/C24H23ClN2O4S/c1-3-29-23(28)21-16(2)26-24-27(12-15-32-24)22(21)17-8-10-18(11-9-17)30-13-14-31-20-7-5-4-6-19(20)25/h4-12,15,22H,3,13-14H2,1-2H3. The number of allylic oxidation sites excluding steroid dienone is 1. The van der Waals surface area contributed by atoms with Crippen molar-refractivity contribution < 1.29 is 19.0 Å². The Hall–Kier alpha value is -2.90. The van der Waals surface area contributed by atoms with Crippen molar-refractivity contribution in [3.8, 4) is 11.5 Å². The second-order valence-corrected chi connectivity index (χ2v) is 8.30. The molecule has 0 radical (unpaired) electrons. The number of benzene rings is 2. The van der Waals surface area contributed by atoms with Gasteiger partial charge in [0.05, 0.1) is 28.9 Å². The van der Waals surface area contributed by atoms with Gasteiger partial charge in [-0.25, -0.2) is 9.79 Å². The van der Waals surface area contributed by atoms with Gasteiger partial charge in [-0.15, -0.1) is 0 Å². The predicted molar refractivity (Wildman–Crippen MR) is 127 cm³/mol. The fourth-order valence-electron chi connectivity index (χ4n) is 3.52. The maximum absolute atomic E-state index is 12.7. The van der Waals surface area contributed by atoms with Crippen molar-refractivity contribution in [3.05, 3.63) is 82.0 Å². The van der Waals surface area contributed by atoms with E-state index in [1.807, 2.05) is 65.9 Å². The van der Waals surface area contributed by atoms with Gasteiger partial charge in [0.2, 0.25) is 0 Å². The highest BCUT2D eigenvalue weighted by Crippen LogP contribution is 2.41. The maximum atomic E-state index is 12.7. The number of fused-ring (bicyclic) bond motifs is 1. The number of carbonyl (C=O) groups excluding carboxylic acids is 1. The number of nitrogens with zero attached hydrogens (tertiary/aromatic N) is 2. The Morgan fingerprint density at radius 2 is 1.88 bits per heavy atom. The quantitative estimate of drug-likeness (QED) is 0.371. The molecule has 0 fully saturated rings. The van der Waals surface area contributed by atoms with Gasteiger partial charge in [-0.05, 0) is 49.1 Å². The Morgan fingerprint density at radius 1 is 1.12 bits per heavy atom. The summed E-state index contributed by atoms with van der Waals surface area (Å²) in [6, 6.07) is 14.7. The number of para-hydroxylation sites is 1. The van der Waals surface area contributed by atoms with E-state index >= 15 is 0 Å². The topological polar surface area (TPSA) is 60.4 Å². The molecule has 166 valence electrons. The SMILES string of the molecule is CCOC(=O)C1=C(C)N=C2SC=CN2C1c1ccc(OCCOc2ccccc2Cl)cc1. The lowest BCUT2D eigenvalue weighted by molar-refractivity contribution is -0.139. The van der Waals surface area contributed by atoms with E-state index in [0.29, 0.717) is 47.6 Å². The lowest BCUT2D eigenvalue weighted by Gasteiger charge is -2.33. The van der Waals surface area contributed by atoms with E-state index in [9.17, 15) is 4.79 Å².